The smallest absolute Gasteiger partial charge is 0.312 e. The molecule has 2 aromatic rings. The normalized spacial score (nSPS) is 18.7. The zero-order valence-corrected chi connectivity index (χ0v) is 15.4. The monoisotopic (exact) mass is 369 g/mol. The molecule has 1 unspecified atom stereocenters. The average molecular weight is 369 g/mol. The molecule has 0 radical (unpaired) electrons. The van der Waals surface area contributed by atoms with E-state index in [4.69, 9.17) is 5.73 Å². The van der Waals surface area contributed by atoms with Crippen molar-refractivity contribution in [2.45, 2.75) is 43.6 Å². The number of thiophene rings is 1. The molecule has 0 saturated heterocycles. The first-order chi connectivity index (χ1) is 12.6. The summed E-state index contributed by atoms with van der Waals surface area (Å²) in [5.41, 5.74) is 7.78. The molecule has 5 nitrogen and oxygen atoms in total. The number of fused-ring (bicyclic) bond motifs is 2. The first-order valence-corrected chi connectivity index (χ1v) is 9.96. The lowest BCUT2D eigenvalue weighted by Crippen LogP contribution is -2.39. The number of urea groups is 1. The summed E-state index contributed by atoms with van der Waals surface area (Å²) in [5.74, 6) is 0.0355. The molecule has 3 amide bonds. The fourth-order valence-electron chi connectivity index (χ4n) is 4.50. The molecule has 1 aliphatic carbocycles. The third-order valence-electron chi connectivity index (χ3n) is 5.67. The minimum atomic E-state index is -0.606. The quantitative estimate of drug-likeness (QED) is 0.862. The van der Waals surface area contributed by atoms with Gasteiger partial charge in [0.25, 0.3) is 0 Å². The van der Waals surface area contributed by atoms with Crippen LogP contribution in [0.2, 0.25) is 0 Å². The zero-order valence-electron chi connectivity index (χ0n) is 14.6. The van der Waals surface area contributed by atoms with Crippen LogP contribution in [0.25, 0.3) is 0 Å². The van der Waals surface area contributed by atoms with E-state index in [9.17, 15) is 9.59 Å². The van der Waals surface area contributed by atoms with Gasteiger partial charge in [0.2, 0.25) is 5.91 Å². The van der Waals surface area contributed by atoms with Crippen molar-refractivity contribution in [2.75, 3.05) is 11.4 Å². The number of rotatable bonds is 4. The molecular weight excluding hydrogens is 346 g/mol. The standard InChI is InChI=1S/C20H23N3O2S/c21-19(25)22-15(17-8-5-11-26-17)12-18(24)23-13-20(9-3-4-10-20)14-6-1-2-7-16(14)23/h1-2,5-8,11,15H,3-4,9-10,12-13H2,(H3,21,22,25). The second kappa shape index (κ2) is 6.76. The van der Waals surface area contributed by atoms with Crippen LogP contribution in [0.1, 0.15) is 48.6 Å². The topological polar surface area (TPSA) is 75.4 Å². The lowest BCUT2D eigenvalue weighted by atomic mass is 9.81. The Hall–Kier alpha value is -2.34. The van der Waals surface area contributed by atoms with E-state index in [-0.39, 0.29) is 23.8 Å². The summed E-state index contributed by atoms with van der Waals surface area (Å²) in [7, 11) is 0. The molecule has 1 aromatic carbocycles. The van der Waals surface area contributed by atoms with Crippen LogP contribution < -0.4 is 16.0 Å². The number of amides is 3. The highest BCUT2D eigenvalue weighted by atomic mass is 32.1. The van der Waals surface area contributed by atoms with E-state index >= 15 is 0 Å². The molecule has 1 atom stereocenters. The minimum Gasteiger partial charge on any atom is -0.352 e. The Kier molecular flexibility index (Phi) is 4.44. The number of primary amides is 1. The molecule has 1 fully saturated rings. The van der Waals surface area contributed by atoms with Gasteiger partial charge in [0.1, 0.15) is 0 Å². The van der Waals surface area contributed by atoms with E-state index in [0.29, 0.717) is 0 Å². The van der Waals surface area contributed by atoms with Crippen LogP contribution in [0.5, 0.6) is 0 Å². The van der Waals surface area contributed by atoms with Crippen LogP contribution in [0.4, 0.5) is 10.5 Å². The van der Waals surface area contributed by atoms with Crippen molar-refractivity contribution in [3.05, 3.63) is 52.2 Å². The predicted molar refractivity (Wildman–Crippen MR) is 103 cm³/mol. The first-order valence-electron chi connectivity index (χ1n) is 9.08. The molecule has 1 spiro atoms. The number of anilines is 1. The third-order valence-corrected chi connectivity index (χ3v) is 6.66. The van der Waals surface area contributed by atoms with Gasteiger partial charge in [0.05, 0.1) is 12.5 Å². The van der Waals surface area contributed by atoms with Crippen LogP contribution in [0.3, 0.4) is 0 Å². The number of nitrogens with one attached hydrogen (secondary N) is 1. The van der Waals surface area contributed by atoms with Crippen LogP contribution in [-0.2, 0) is 10.2 Å². The van der Waals surface area contributed by atoms with Crippen molar-refractivity contribution >= 4 is 29.0 Å². The molecule has 1 saturated carbocycles. The highest BCUT2D eigenvalue weighted by molar-refractivity contribution is 7.10. The van der Waals surface area contributed by atoms with Crippen LogP contribution in [-0.4, -0.2) is 18.5 Å². The highest BCUT2D eigenvalue weighted by Crippen LogP contribution is 2.50. The largest absolute Gasteiger partial charge is 0.352 e. The average Bonchev–Trinajstić information content (AvgIpc) is 3.36. The maximum atomic E-state index is 13.2. The fraction of sp³-hybridized carbons (Fsp3) is 0.400. The number of hydrogen-bond acceptors (Lipinski definition) is 3. The van der Waals surface area contributed by atoms with Crippen molar-refractivity contribution in [1.29, 1.82) is 0 Å². The zero-order chi connectivity index (χ0) is 18.1. The number of carbonyl (C=O) groups is 2. The lowest BCUT2D eigenvalue weighted by Gasteiger charge is -2.26. The molecule has 26 heavy (non-hydrogen) atoms. The SMILES string of the molecule is NC(=O)NC(CC(=O)N1CC2(CCCC2)c2ccccc21)c1cccs1. The number of benzene rings is 1. The van der Waals surface area contributed by atoms with E-state index in [0.717, 1.165) is 30.0 Å². The Balaban J connectivity index is 1.59. The van der Waals surface area contributed by atoms with Crippen molar-refractivity contribution in [2.24, 2.45) is 5.73 Å². The molecule has 6 heteroatoms. The van der Waals surface area contributed by atoms with Gasteiger partial charge in [-0.3, -0.25) is 4.79 Å². The van der Waals surface area contributed by atoms with E-state index in [1.807, 2.05) is 34.5 Å². The summed E-state index contributed by atoms with van der Waals surface area (Å²) in [6.45, 7) is 0.749. The maximum absolute atomic E-state index is 13.2. The van der Waals surface area contributed by atoms with E-state index < -0.39 is 6.03 Å². The van der Waals surface area contributed by atoms with Crippen molar-refractivity contribution in [3.8, 4) is 0 Å². The molecular formula is C20H23N3O2S. The van der Waals surface area contributed by atoms with Gasteiger partial charge >= 0.3 is 6.03 Å². The number of nitrogens with zero attached hydrogens (tertiary/aromatic N) is 1. The van der Waals surface area contributed by atoms with Gasteiger partial charge in [-0.25, -0.2) is 4.79 Å². The van der Waals surface area contributed by atoms with Gasteiger partial charge in [0.15, 0.2) is 0 Å². The molecule has 2 aliphatic rings. The number of para-hydroxylation sites is 1. The van der Waals surface area contributed by atoms with Gasteiger partial charge in [-0.15, -0.1) is 11.3 Å². The van der Waals surface area contributed by atoms with E-state index in [1.54, 1.807) is 0 Å². The summed E-state index contributed by atoms with van der Waals surface area (Å²) in [6.07, 6.45) is 4.94. The van der Waals surface area contributed by atoms with E-state index in [1.165, 1.54) is 29.7 Å². The molecule has 0 bridgehead atoms. The Morgan fingerprint density at radius 3 is 2.65 bits per heavy atom. The van der Waals surface area contributed by atoms with Crippen LogP contribution in [0.15, 0.2) is 41.8 Å². The fourth-order valence-corrected chi connectivity index (χ4v) is 5.28. The Bertz CT molecular complexity index is 812. The summed E-state index contributed by atoms with van der Waals surface area (Å²) >= 11 is 1.52. The summed E-state index contributed by atoms with van der Waals surface area (Å²) in [4.78, 5) is 27.4. The van der Waals surface area contributed by atoms with E-state index in [2.05, 4.69) is 17.4 Å². The molecule has 3 N–H and O–H groups in total. The van der Waals surface area contributed by atoms with Crippen LogP contribution in [0, 0.1) is 0 Å². The van der Waals surface area contributed by atoms with Gasteiger partial charge in [-0.2, -0.15) is 0 Å². The highest BCUT2D eigenvalue weighted by Gasteiger charge is 2.46. The molecule has 1 aromatic heterocycles. The predicted octanol–water partition coefficient (Wildman–Crippen LogP) is 3.71. The Labute approximate surface area is 157 Å². The van der Waals surface area contributed by atoms with Gasteiger partial charge in [-0.05, 0) is 35.9 Å². The maximum Gasteiger partial charge on any atom is 0.312 e. The minimum absolute atomic E-state index is 0.0355. The van der Waals surface area contributed by atoms with Crippen molar-refractivity contribution < 1.29 is 9.59 Å². The molecule has 1 aliphatic heterocycles. The molecule has 4 rings (SSSR count). The summed E-state index contributed by atoms with van der Waals surface area (Å²) in [6, 6.07) is 11.1. The second-order valence-electron chi connectivity index (χ2n) is 7.27. The molecule has 2 heterocycles. The third kappa shape index (κ3) is 2.98. The van der Waals surface area contributed by atoms with Gasteiger partial charge in [0, 0.05) is 22.5 Å². The Morgan fingerprint density at radius 2 is 1.96 bits per heavy atom. The van der Waals surface area contributed by atoms with Gasteiger partial charge in [-0.1, -0.05) is 37.1 Å². The number of nitrogens with two attached hydrogens (primary N) is 1. The van der Waals surface area contributed by atoms with Gasteiger partial charge < -0.3 is 16.0 Å². The number of carbonyl (C=O) groups excluding carboxylic acids is 2. The molecule has 136 valence electrons. The van der Waals surface area contributed by atoms with Crippen LogP contribution >= 0.6 is 11.3 Å². The summed E-state index contributed by atoms with van der Waals surface area (Å²) in [5, 5.41) is 4.66. The number of hydrogen-bond donors (Lipinski definition) is 2. The lowest BCUT2D eigenvalue weighted by molar-refractivity contribution is -0.119. The van der Waals surface area contributed by atoms with Crippen molar-refractivity contribution in [3.63, 3.8) is 0 Å². The van der Waals surface area contributed by atoms with Crippen molar-refractivity contribution in [1.82, 2.24) is 5.32 Å². The second-order valence-corrected chi connectivity index (χ2v) is 8.24. The summed E-state index contributed by atoms with van der Waals surface area (Å²) < 4.78 is 0. The Morgan fingerprint density at radius 1 is 1.19 bits per heavy atom. The first kappa shape index (κ1) is 17.1.